The second-order valence-electron chi connectivity index (χ2n) is 7.64. The van der Waals surface area contributed by atoms with Crippen LogP contribution in [0.5, 0.6) is 0 Å². The first-order valence-corrected chi connectivity index (χ1v) is 9.31. The molecule has 8 heteroatoms. The van der Waals surface area contributed by atoms with Crippen molar-refractivity contribution in [2.45, 2.75) is 46.2 Å². The minimum Gasteiger partial charge on any atom is -0.395 e. The number of aromatic nitrogens is 2. The molecule has 1 aromatic heterocycles. The van der Waals surface area contributed by atoms with Gasteiger partial charge in [-0.2, -0.15) is 10.4 Å². The number of aliphatic hydroxyl groups is 1. The number of unbranched alkanes of at least 4 members (excludes halogenated alkanes) is 1. The van der Waals surface area contributed by atoms with Gasteiger partial charge in [-0.1, -0.05) is 39.0 Å². The number of nitrogens with one attached hydrogen (secondary N) is 2. The minimum absolute atomic E-state index is 0.123. The highest BCUT2D eigenvalue weighted by Gasteiger charge is 2.33. The maximum Gasteiger partial charge on any atom is 0.273 e. The lowest BCUT2D eigenvalue weighted by molar-refractivity contribution is -0.125. The molecule has 0 radical (unpaired) electrons. The molecule has 0 bridgehead atoms. The third-order valence-electron chi connectivity index (χ3n) is 4.35. The predicted molar refractivity (Wildman–Crippen MR) is 105 cm³/mol. The average Bonchev–Trinajstić information content (AvgIpc) is 3.02. The maximum absolute atomic E-state index is 13.0. The number of aryl methyl sites for hydroxylation is 1. The van der Waals surface area contributed by atoms with Crippen molar-refractivity contribution in [1.29, 1.82) is 5.26 Å². The summed E-state index contributed by atoms with van der Waals surface area (Å²) in [5.74, 6) is -0.790. The molecule has 1 aromatic carbocycles. The monoisotopic (exact) mass is 385 g/mol. The first kappa shape index (κ1) is 21.4. The lowest BCUT2D eigenvalue weighted by atomic mass is 9.86. The largest absolute Gasteiger partial charge is 0.395 e. The molecule has 2 aromatic rings. The van der Waals surface area contributed by atoms with Gasteiger partial charge in [-0.3, -0.25) is 14.3 Å². The van der Waals surface area contributed by atoms with Crippen LogP contribution in [0.15, 0.2) is 24.3 Å². The van der Waals surface area contributed by atoms with Gasteiger partial charge in [0.25, 0.3) is 5.91 Å². The molecular formula is C20H27N5O3. The Kier molecular flexibility index (Phi) is 7.12. The topological polar surface area (TPSA) is 120 Å². The van der Waals surface area contributed by atoms with Gasteiger partial charge in [0, 0.05) is 24.9 Å². The lowest BCUT2D eigenvalue weighted by Gasteiger charge is -2.30. The standard InChI is InChI=1S/C20H27N5O3/c1-20(2,3)17(19(28)22-11-13-26)23-18(27)16-14-8-4-5-9-15(14)25(24-16)12-7-6-10-21/h4-5,8-9,17,26H,6-7,11-13H2,1-3H3,(H,22,28)(H,23,27)/t17-/m1/s1. The lowest BCUT2D eigenvalue weighted by Crippen LogP contribution is -2.54. The van der Waals surface area contributed by atoms with Crippen molar-refractivity contribution in [3.63, 3.8) is 0 Å². The van der Waals surface area contributed by atoms with E-state index in [1.807, 2.05) is 45.0 Å². The van der Waals surface area contributed by atoms with Gasteiger partial charge in [-0.25, -0.2) is 0 Å². The van der Waals surface area contributed by atoms with Crippen LogP contribution in [-0.4, -0.2) is 45.9 Å². The number of benzene rings is 1. The van der Waals surface area contributed by atoms with Gasteiger partial charge in [-0.15, -0.1) is 0 Å². The van der Waals surface area contributed by atoms with E-state index in [0.29, 0.717) is 24.8 Å². The van der Waals surface area contributed by atoms with Gasteiger partial charge in [-0.05, 0) is 17.9 Å². The van der Waals surface area contributed by atoms with Crippen molar-refractivity contribution in [2.75, 3.05) is 13.2 Å². The quantitative estimate of drug-likeness (QED) is 0.596. The van der Waals surface area contributed by atoms with Crippen LogP contribution in [0.25, 0.3) is 10.9 Å². The number of nitrogens with zero attached hydrogens (tertiary/aromatic N) is 3. The molecule has 1 atom stereocenters. The molecule has 28 heavy (non-hydrogen) atoms. The number of fused-ring (bicyclic) bond motifs is 1. The van der Waals surface area contributed by atoms with Crippen LogP contribution in [0.2, 0.25) is 0 Å². The number of nitriles is 1. The fourth-order valence-corrected chi connectivity index (χ4v) is 2.93. The first-order chi connectivity index (χ1) is 13.3. The highest BCUT2D eigenvalue weighted by Crippen LogP contribution is 2.22. The SMILES string of the molecule is CC(C)(C)[C@H](NC(=O)c1nn(CCCC#N)c2ccccc12)C(=O)NCCO. The number of aliphatic hydroxyl groups excluding tert-OH is 1. The minimum atomic E-state index is -0.783. The number of hydrogen-bond donors (Lipinski definition) is 3. The molecule has 2 amide bonds. The van der Waals surface area contributed by atoms with Gasteiger partial charge in [0.1, 0.15) is 6.04 Å². The van der Waals surface area contributed by atoms with E-state index in [9.17, 15) is 9.59 Å². The highest BCUT2D eigenvalue weighted by atomic mass is 16.3. The van der Waals surface area contributed by atoms with Crippen molar-refractivity contribution in [3.8, 4) is 6.07 Å². The summed E-state index contributed by atoms with van der Waals surface area (Å²) in [6.07, 6.45) is 1.05. The van der Waals surface area contributed by atoms with E-state index in [1.165, 1.54) is 0 Å². The van der Waals surface area contributed by atoms with Crippen LogP contribution in [-0.2, 0) is 11.3 Å². The Morgan fingerprint density at radius 3 is 2.68 bits per heavy atom. The highest BCUT2D eigenvalue weighted by molar-refractivity contribution is 6.06. The number of rotatable bonds is 8. The summed E-state index contributed by atoms with van der Waals surface area (Å²) in [5, 5.41) is 28.2. The number of para-hydroxylation sites is 1. The second-order valence-corrected chi connectivity index (χ2v) is 7.64. The zero-order chi connectivity index (χ0) is 20.7. The normalized spacial score (nSPS) is 12.4. The van der Waals surface area contributed by atoms with Crippen molar-refractivity contribution >= 4 is 22.7 Å². The zero-order valence-corrected chi connectivity index (χ0v) is 16.5. The number of carbonyl (C=O) groups is 2. The van der Waals surface area contributed by atoms with Crippen molar-refractivity contribution in [2.24, 2.45) is 5.41 Å². The number of carbonyl (C=O) groups excluding carboxylic acids is 2. The van der Waals surface area contributed by atoms with Crippen molar-refractivity contribution < 1.29 is 14.7 Å². The van der Waals surface area contributed by atoms with E-state index in [4.69, 9.17) is 10.4 Å². The van der Waals surface area contributed by atoms with E-state index in [1.54, 1.807) is 4.68 Å². The van der Waals surface area contributed by atoms with Crippen LogP contribution < -0.4 is 10.6 Å². The average molecular weight is 385 g/mol. The molecule has 0 aliphatic heterocycles. The third-order valence-corrected chi connectivity index (χ3v) is 4.35. The molecule has 0 aliphatic carbocycles. The molecule has 8 nitrogen and oxygen atoms in total. The predicted octanol–water partition coefficient (Wildman–Crippen LogP) is 1.59. The summed E-state index contributed by atoms with van der Waals surface area (Å²) in [6.45, 7) is 6.05. The van der Waals surface area contributed by atoms with Gasteiger partial charge in [0.05, 0.1) is 18.2 Å². The molecule has 1 heterocycles. The summed E-state index contributed by atoms with van der Waals surface area (Å²) in [4.78, 5) is 25.4. The van der Waals surface area contributed by atoms with Crippen LogP contribution in [0.4, 0.5) is 0 Å². The molecule has 0 unspecified atom stereocenters. The Hall–Kier alpha value is -2.92. The summed E-state index contributed by atoms with van der Waals surface area (Å²) in [7, 11) is 0. The van der Waals surface area contributed by atoms with Crippen LogP contribution in [0, 0.1) is 16.7 Å². The maximum atomic E-state index is 13.0. The molecule has 0 spiro atoms. The van der Waals surface area contributed by atoms with Crippen molar-refractivity contribution in [3.05, 3.63) is 30.0 Å². The number of amides is 2. The molecule has 0 aliphatic rings. The molecule has 0 saturated heterocycles. The number of hydrogen-bond acceptors (Lipinski definition) is 5. The van der Waals surface area contributed by atoms with Gasteiger partial charge >= 0.3 is 0 Å². The molecule has 150 valence electrons. The fourth-order valence-electron chi connectivity index (χ4n) is 2.93. The third kappa shape index (κ3) is 5.08. The summed E-state index contributed by atoms with van der Waals surface area (Å²) in [6, 6.07) is 8.71. The Bertz CT molecular complexity index is 876. The smallest absolute Gasteiger partial charge is 0.273 e. The fraction of sp³-hybridized carbons (Fsp3) is 0.500. The van der Waals surface area contributed by atoms with Crippen LogP contribution in [0.1, 0.15) is 44.1 Å². The van der Waals surface area contributed by atoms with E-state index in [0.717, 1.165) is 5.52 Å². The summed E-state index contributed by atoms with van der Waals surface area (Å²) >= 11 is 0. The van der Waals surface area contributed by atoms with Crippen LogP contribution >= 0.6 is 0 Å². The van der Waals surface area contributed by atoms with Gasteiger partial charge < -0.3 is 15.7 Å². The summed E-state index contributed by atoms with van der Waals surface area (Å²) in [5.41, 5.74) is 0.528. The molecule has 0 saturated carbocycles. The Labute approximate surface area is 164 Å². The second kappa shape index (κ2) is 9.33. The van der Waals surface area contributed by atoms with E-state index < -0.39 is 17.4 Å². The molecule has 0 fully saturated rings. The first-order valence-electron chi connectivity index (χ1n) is 9.31. The molecule has 3 N–H and O–H groups in total. The van der Waals surface area contributed by atoms with Crippen molar-refractivity contribution in [1.82, 2.24) is 20.4 Å². The Morgan fingerprint density at radius 2 is 2.04 bits per heavy atom. The van der Waals surface area contributed by atoms with Crippen LogP contribution in [0.3, 0.4) is 0 Å². The Morgan fingerprint density at radius 1 is 1.32 bits per heavy atom. The molecular weight excluding hydrogens is 358 g/mol. The van der Waals surface area contributed by atoms with Gasteiger partial charge in [0.15, 0.2) is 5.69 Å². The molecule has 2 rings (SSSR count). The van der Waals surface area contributed by atoms with E-state index in [2.05, 4.69) is 21.8 Å². The van der Waals surface area contributed by atoms with Gasteiger partial charge in [0.2, 0.25) is 5.91 Å². The van der Waals surface area contributed by atoms with E-state index >= 15 is 0 Å². The zero-order valence-electron chi connectivity index (χ0n) is 16.5. The summed E-state index contributed by atoms with van der Waals surface area (Å²) < 4.78 is 1.72. The Balaban J connectivity index is 2.30. The van der Waals surface area contributed by atoms with E-state index in [-0.39, 0.29) is 24.8 Å².